The Balaban J connectivity index is 2.23. The lowest BCUT2D eigenvalue weighted by atomic mass is 9.82. The van der Waals surface area contributed by atoms with E-state index in [9.17, 15) is 14.7 Å². The zero-order valence-electron chi connectivity index (χ0n) is 12.2. The van der Waals surface area contributed by atoms with Gasteiger partial charge in [-0.2, -0.15) is 0 Å². The van der Waals surface area contributed by atoms with Gasteiger partial charge in [0.05, 0.1) is 0 Å². The third kappa shape index (κ3) is 3.18. The zero-order chi connectivity index (χ0) is 14.9. The smallest absolute Gasteiger partial charge is 0.319 e. The van der Waals surface area contributed by atoms with Gasteiger partial charge in [0, 0.05) is 6.04 Å². The van der Waals surface area contributed by atoms with Crippen LogP contribution in [0, 0.1) is 19.3 Å². The van der Waals surface area contributed by atoms with Crippen molar-refractivity contribution >= 4 is 11.9 Å². The first-order valence-corrected chi connectivity index (χ1v) is 6.93. The summed E-state index contributed by atoms with van der Waals surface area (Å²) in [7, 11) is 0. The topological polar surface area (TPSA) is 66.4 Å². The summed E-state index contributed by atoms with van der Waals surface area (Å²) in [5.41, 5.74) is 1.63. The van der Waals surface area contributed by atoms with Crippen LogP contribution in [0.5, 0.6) is 0 Å². The Kier molecular flexibility index (Phi) is 3.84. The Morgan fingerprint density at radius 2 is 1.80 bits per heavy atom. The molecule has 0 aromatic heterocycles. The number of aryl methyl sites for hydroxylation is 2. The second kappa shape index (κ2) is 5.27. The number of carbonyl (C=O) groups excluding carboxylic acids is 1. The normalized spacial score (nSPS) is 17.4. The van der Waals surface area contributed by atoms with Crippen LogP contribution >= 0.6 is 0 Å². The number of rotatable bonds is 5. The summed E-state index contributed by atoms with van der Waals surface area (Å²) in [4.78, 5) is 23.8. The lowest BCUT2D eigenvalue weighted by Gasteiger charge is -2.24. The average Bonchev–Trinajstić information content (AvgIpc) is 3.10. The van der Waals surface area contributed by atoms with E-state index < -0.39 is 11.4 Å². The van der Waals surface area contributed by atoms with Crippen molar-refractivity contribution in [2.75, 3.05) is 0 Å². The summed E-state index contributed by atoms with van der Waals surface area (Å²) in [6, 6.07) is 6.09. The molecule has 1 atom stereocenters. The van der Waals surface area contributed by atoms with Crippen molar-refractivity contribution in [1.82, 2.24) is 5.32 Å². The predicted molar refractivity (Wildman–Crippen MR) is 76.5 cm³/mol. The van der Waals surface area contributed by atoms with Gasteiger partial charge in [-0.15, -0.1) is 0 Å². The van der Waals surface area contributed by atoms with Crippen LogP contribution in [0.15, 0.2) is 18.2 Å². The standard InChI is InChI=1S/C16H21NO3/c1-10-6-11(2)8-12(7-10)9-16(3,15(19)20)14(18)17-13-4-5-13/h6-8,13H,4-5,9H2,1-3H3,(H,17,18)(H,19,20). The van der Waals surface area contributed by atoms with Crippen LogP contribution < -0.4 is 5.32 Å². The molecule has 0 radical (unpaired) electrons. The molecular formula is C16H21NO3. The van der Waals surface area contributed by atoms with Gasteiger partial charge in [0.2, 0.25) is 5.91 Å². The van der Waals surface area contributed by atoms with E-state index in [1.165, 1.54) is 6.92 Å². The van der Waals surface area contributed by atoms with Gasteiger partial charge < -0.3 is 10.4 Å². The predicted octanol–water partition coefficient (Wildman–Crippen LogP) is 2.22. The highest BCUT2D eigenvalue weighted by Crippen LogP contribution is 2.27. The number of nitrogens with one attached hydrogen (secondary N) is 1. The molecule has 1 saturated carbocycles. The van der Waals surface area contributed by atoms with Gasteiger partial charge in [0.25, 0.3) is 0 Å². The molecule has 4 heteroatoms. The summed E-state index contributed by atoms with van der Waals surface area (Å²) in [6.07, 6.45) is 2.11. The Hall–Kier alpha value is -1.84. The maximum atomic E-state index is 12.2. The molecule has 1 aromatic carbocycles. The number of benzene rings is 1. The van der Waals surface area contributed by atoms with E-state index in [0.717, 1.165) is 29.5 Å². The van der Waals surface area contributed by atoms with Crippen LogP contribution in [-0.4, -0.2) is 23.0 Å². The molecule has 0 heterocycles. The Morgan fingerprint density at radius 3 is 2.25 bits per heavy atom. The molecule has 108 valence electrons. The lowest BCUT2D eigenvalue weighted by molar-refractivity contribution is -0.154. The minimum absolute atomic E-state index is 0.167. The third-order valence-corrected chi connectivity index (χ3v) is 3.72. The first-order chi connectivity index (χ1) is 9.31. The third-order valence-electron chi connectivity index (χ3n) is 3.72. The molecule has 1 amide bonds. The van der Waals surface area contributed by atoms with E-state index in [1.807, 2.05) is 32.0 Å². The fraction of sp³-hybridized carbons (Fsp3) is 0.500. The van der Waals surface area contributed by atoms with Crippen molar-refractivity contribution in [2.45, 2.75) is 46.1 Å². The summed E-state index contributed by atoms with van der Waals surface area (Å²) < 4.78 is 0. The first kappa shape index (κ1) is 14.6. The highest BCUT2D eigenvalue weighted by atomic mass is 16.4. The van der Waals surface area contributed by atoms with E-state index >= 15 is 0 Å². The van der Waals surface area contributed by atoms with E-state index in [4.69, 9.17) is 0 Å². The van der Waals surface area contributed by atoms with Gasteiger partial charge in [-0.05, 0) is 45.6 Å². The Bertz CT molecular complexity index is 528. The Morgan fingerprint density at radius 1 is 1.25 bits per heavy atom. The molecule has 1 aromatic rings. The maximum absolute atomic E-state index is 12.2. The number of amides is 1. The van der Waals surface area contributed by atoms with Crippen LogP contribution in [0.1, 0.15) is 36.5 Å². The second-order valence-corrected chi connectivity index (χ2v) is 6.06. The van der Waals surface area contributed by atoms with Crippen molar-refractivity contribution in [3.05, 3.63) is 34.9 Å². The SMILES string of the molecule is Cc1cc(C)cc(CC(C)(C(=O)O)C(=O)NC2CC2)c1. The quantitative estimate of drug-likeness (QED) is 0.810. The largest absolute Gasteiger partial charge is 0.480 e. The maximum Gasteiger partial charge on any atom is 0.319 e. The molecule has 1 unspecified atom stereocenters. The van der Waals surface area contributed by atoms with Crippen molar-refractivity contribution in [2.24, 2.45) is 5.41 Å². The molecule has 4 nitrogen and oxygen atoms in total. The molecule has 0 saturated heterocycles. The molecule has 1 fully saturated rings. The fourth-order valence-corrected chi connectivity index (χ4v) is 2.40. The van der Waals surface area contributed by atoms with E-state index in [0.29, 0.717) is 0 Å². The molecule has 1 aliphatic carbocycles. The molecule has 2 rings (SSSR count). The van der Waals surface area contributed by atoms with Crippen LogP contribution in [0.2, 0.25) is 0 Å². The van der Waals surface area contributed by atoms with Crippen molar-refractivity contribution in [1.29, 1.82) is 0 Å². The summed E-state index contributed by atoms with van der Waals surface area (Å²) in [6.45, 7) is 5.45. The summed E-state index contributed by atoms with van der Waals surface area (Å²) in [5, 5.41) is 12.3. The van der Waals surface area contributed by atoms with E-state index in [2.05, 4.69) is 5.32 Å². The number of hydrogen-bond acceptors (Lipinski definition) is 2. The minimum atomic E-state index is -1.41. The lowest BCUT2D eigenvalue weighted by Crippen LogP contribution is -2.46. The molecular weight excluding hydrogens is 254 g/mol. The van der Waals surface area contributed by atoms with Crippen LogP contribution in [0.25, 0.3) is 0 Å². The van der Waals surface area contributed by atoms with Crippen LogP contribution in [0.3, 0.4) is 0 Å². The summed E-state index contributed by atoms with van der Waals surface area (Å²) >= 11 is 0. The molecule has 2 N–H and O–H groups in total. The number of hydrogen-bond donors (Lipinski definition) is 2. The average molecular weight is 275 g/mol. The van der Waals surface area contributed by atoms with E-state index in [-0.39, 0.29) is 18.4 Å². The number of carboxylic acid groups (broad SMARTS) is 1. The van der Waals surface area contributed by atoms with Crippen LogP contribution in [-0.2, 0) is 16.0 Å². The molecule has 20 heavy (non-hydrogen) atoms. The van der Waals surface area contributed by atoms with Crippen molar-refractivity contribution in [3.63, 3.8) is 0 Å². The van der Waals surface area contributed by atoms with Gasteiger partial charge in [-0.3, -0.25) is 9.59 Å². The second-order valence-electron chi connectivity index (χ2n) is 6.06. The molecule has 0 aliphatic heterocycles. The number of aliphatic carboxylic acids is 1. The van der Waals surface area contributed by atoms with Crippen molar-refractivity contribution in [3.8, 4) is 0 Å². The molecule has 1 aliphatic rings. The number of carbonyl (C=O) groups is 2. The highest BCUT2D eigenvalue weighted by Gasteiger charge is 2.43. The highest BCUT2D eigenvalue weighted by molar-refractivity contribution is 6.02. The van der Waals surface area contributed by atoms with Gasteiger partial charge in [0.1, 0.15) is 5.41 Å². The van der Waals surface area contributed by atoms with Gasteiger partial charge in [0.15, 0.2) is 0 Å². The summed E-state index contributed by atoms with van der Waals surface area (Å²) in [5.74, 6) is -1.46. The molecule has 0 spiro atoms. The molecule has 0 bridgehead atoms. The van der Waals surface area contributed by atoms with E-state index in [1.54, 1.807) is 0 Å². The van der Waals surface area contributed by atoms with Crippen LogP contribution in [0.4, 0.5) is 0 Å². The van der Waals surface area contributed by atoms with Gasteiger partial charge in [-0.1, -0.05) is 29.3 Å². The van der Waals surface area contributed by atoms with Gasteiger partial charge in [-0.25, -0.2) is 0 Å². The monoisotopic (exact) mass is 275 g/mol. The van der Waals surface area contributed by atoms with Gasteiger partial charge >= 0.3 is 5.97 Å². The zero-order valence-corrected chi connectivity index (χ0v) is 12.2. The minimum Gasteiger partial charge on any atom is -0.480 e. The Labute approximate surface area is 119 Å². The first-order valence-electron chi connectivity index (χ1n) is 6.93. The van der Waals surface area contributed by atoms with Crippen molar-refractivity contribution < 1.29 is 14.7 Å². The number of carboxylic acids is 1. The fourth-order valence-electron chi connectivity index (χ4n) is 2.40.